The zero-order valence-corrected chi connectivity index (χ0v) is 10.3. The number of nitrogens with one attached hydrogen (secondary N) is 2. The Morgan fingerprint density at radius 1 is 1.39 bits per heavy atom. The molecule has 2 aliphatic heterocycles. The number of hydrogen-bond acceptors (Lipinski definition) is 3. The Bertz CT molecular complexity index is 416. The predicted octanol–water partition coefficient (Wildman–Crippen LogP) is 0.900. The Kier molecular flexibility index (Phi) is 3.15. The van der Waals surface area contributed by atoms with Gasteiger partial charge in [0, 0.05) is 31.5 Å². The second-order valence-electron chi connectivity index (χ2n) is 4.98. The third-order valence-corrected chi connectivity index (χ3v) is 3.70. The van der Waals surface area contributed by atoms with E-state index in [2.05, 4.69) is 15.6 Å². The highest BCUT2D eigenvalue weighted by Crippen LogP contribution is 2.20. The molecule has 5 heteroatoms. The van der Waals surface area contributed by atoms with Crippen LogP contribution < -0.4 is 10.6 Å². The number of carbonyl (C=O) groups is 1. The van der Waals surface area contributed by atoms with Gasteiger partial charge in [-0.3, -0.25) is 4.98 Å². The maximum atomic E-state index is 11.9. The zero-order valence-electron chi connectivity index (χ0n) is 10.3. The van der Waals surface area contributed by atoms with Gasteiger partial charge in [-0.05, 0) is 37.1 Å². The second kappa shape index (κ2) is 4.94. The van der Waals surface area contributed by atoms with Gasteiger partial charge in [0.15, 0.2) is 0 Å². The molecular weight excluding hydrogens is 228 g/mol. The van der Waals surface area contributed by atoms with Crippen molar-refractivity contribution < 1.29 is 4.79 Å². The van der Waals surface area contributed by atoms with Gasteiger partial charge in [0.05, 0.1) is 6.04 Å². The quantitative estimate of drug-likeness (QED) is 0.833. The van der Waals surface area contributed by atoms with E-state index in [0.717, 1.165) is 25.2 Å². The van der Waals surface area contributed by atoms with Gasteiger partial charge < -0.3 is 15.5 Å². The van der Waals surface area contributed by atoms with Gasteiger partial charge in [-0.1, -0.05) is 0 Å². The summed E-state index contributed by atoms with van der Waals surface area (Å²) in [7, 11) is 0. The molecule has 96 valence electrons. The van der Waals surface area contributed by atoms with Gasteiger partial charge in [0.25, 0.3) is 0 Å². The summed E-state index contributed by atoms with van der Waals surface area (Å²) < 4.78 is 0. The Labute approximate surface area is 107 Å². The van der Waals surface area contributed by atoms with E-state index in [9.17, 15) is 4.79 Å². The zero-order chi connectivity index (χ0) is 12.4. The third kappa shape index (κ3) is 2.31. The smallest absolute Gasteiger partial charge is 0.318 e. The summed E-state index contributed by atoms with van der Waals surface area (Å²) in [4.78, 5) is 17.8. The van der Waals surface area contributed by atoms with Crippen LogP contribution in [-0.2, 0) is 0 Å². The minimum Gasteiger partial charge on any atom is -0.329 e. The molecule has 1 aromatic rings. The van der Waals surface area contributed by atoms with Crippen molar-refractivity contribution in [3.63, 3.8) is 0 Å². The second-order valence-corrected chi connectivity index (χ2v) is 4.98. The molecule has 5 nitrogen and oxygen atoms in total. The molecule has 0 aromatic carbocycles. The first-order valence-electron chi connectivity index (χ1n) is 6.51. The SMILES string of the molecule is O=C1NC(c2ccncc2)CN1CC1CCCN1. The summed E-state index contributed by atoms with van der Waals surface area (Å²) >= 11 is 0. The third-order valence-electron chi connectivity index (χ3n) is 3.70. The fourth-order valence-corrected chi connectivity index (χ4v) is 2.71. The topological polar surface area (TPSA) is 57.3 Å². The van der Waals surface area contributed by atoms with Crippen LogP contribution >= 0.6 is 0 Å². The standard InChI is InChI=1S/C13H18N4O/c18-13-16-12(10-3-6-14-7-4-10)9-17(13)8-11-2-1-5-15-11/h3-4,6-7,11-12,15H,1-2,5,8-9H2,(H,16,18). The summed E-state index contributed by atoms with van der Waals surface area (Å²) in [6, 6.07) is 4.53. The Morgan fingerprint density at radius 3 is 2.94 bits per heavy atom. The van der Waals surface area contributed by atoms with Crippen molar-refractivity contribution in [2.24, 2.45) is 0 Å². The van der Waals surface area contributed by atoms with Gasteiger partial charge in [-0.15, -0.1) is 0 Å². The van der Waals surface area contributed by atoms with E-state index in [1.807, 2.05) is 17.0 Å². The van der Waals surface area contributed by atoms with Crippen LogP contribution in [0.15, 0.2) is 24.5 Å². The number of aromatic nitrogens is 1. The van der Waals surface area contributed by atoms with Crippen LogP contribution in [0.25, 0.3) is 0 Å². The van der Waals surface area contributed by atoms with Gasteiger partial charge in [-0.25, -0.2) is 4.79 Å². The molecule has 2 amide bonds. The monoisotopic (exact) mass is 246 g/mol. The molecule has 2 saturated heterocycles. The molecule has 2 atom stereocenters. The summed E-state index contributed by atoms with van der Waals surface area (Å²) in [6.07, 6.45) is 5.92. The highest BCUT2D eigenvalue weighted by molar-refractivity contribution is 5.77. The van der Waals surface area contributed by atoms with Crippen LogP contribution in [0.2, 0.25) is 0 Å². The Balaban J connectivity index is 1.63. The Hall–Kier alpha value is -1.62. The Morgan fingerprint density at radius 2 is 2.22 bits per heavy atom. The lowest BCUT2D eigenvalue weighted by molar-refractivity contribution is 0.213. The minimum absolute atomic E-state index is 0.0468. The lowest BCUT2D eigenvalue weighted by Gasteiger charge is -2.19. The molecule has 18 heavy (non-hydrogen) atoms. The van der Waals surface area contributed by atoms with Crippen molar-refractivity contribution in [1.82, 2.24) is 20.5 Å². The van der Waals surface area contributed by atoms with Crippen LogP contribution in [0, 0.1) is 0 Å². The van der Waals surface area contributed by atoms with Crippen LogP contribution in [0.3, 0.4) is 0 Å². The van der Waals surface area contributed by atoms with E-state index in [0.29, 0.717) is 6.04 Å². The lowest BCUT2D eigenvalue weighted by Crippen LogP contribution is -2.39. The first-order chi connectivity index (χ1) is 8.83. The minimum atomic E-state index is 0.0468. The van der Waals surface area contributed by atoms with Crippen LogP contribution in [0.5, 0.6) is 0 Å². The van der Waals surface area contributed by atoms with Crippen molar-refractivity contribution in [3.8, 4) is 0 Å². The van der Waals surface area contributed by atoms with Crippen molar-refractivity contribution in [2.75, 3.05) is 19.6 Å². The molecule has 2 aliphatic rings. The lowest BCUT2D eigenvalue weighted by atomic mass is 10.1. The molecule has 0 spiro atoms. The average molecular weight is 246 g/mol. The van der Waals surface area contributed by atoms with E-state index >= 15 is 0 Å². The van der Waals surface area contributed by atoms with E-state index in [1.165, 1.54) is 12.8 Å². The fraction of sp³-hybridized carbons (Fsp3) is 0.538. The van der Waals surface area contributed by atoms with Crippen molar-refractivity contribution >= 4 is 6.03 Å². The van der Waals surface area contributed by atoms with Gasteiger partial charge in [0.2, 0.25) is 0 Å². The highest BCUT2D eigenvalue weighted by Gasteiger charge is 2.31. The number of amides is 2. The number of pyridine rings is 1. The molecular formula is C13H18N4O. The van der Waals surface area contributed by atoms with Gasteiger partial charge in [-0.2, -0.15) is 0 Å². The molecule has 0 saturated carbocycles. The summed E-state index contributed by atoms with van der Waals surface area (Å²) in [6.45, 7) is 2.64. The van der Waals surface area contributed by atoms with Crippen LogP contribution in [-0.4, -0.2) is 41.6 Å². The maximum absolute atomic E-state index is 11.9. The molecule has 1 aromatic heterocycles. The molecule has 2 N–H and O–H groups in total. The van der Waals surface area contributed by atoms with Crippen molar-refractivity contribution in [3.05, 3.63) is 30.1 Å². The van der Waals surface area contributed by atoms with E-state index in [1.54, 1.807) is 12.4 Å². The summed E-state index contributed by atoms with van der Waals surface area (Å²) in [5, 5.41) is 6.45. The number of hydrogen-bond donors (Lipinski definition) is 2. The van der Waals surface area contributed by atoms with Crippen LogP contribution in [0.4, 0.5) is 4.79 Å². The van der Waals surface area contributed by atoms with Gasteiger partial charge in [0.1, 0.15) is 0 Å². The first-order valence-corrected chi connectivity index (χ1v) is 6.51. The molecule has 3 rings (SSSR count). The largest absolute Gasteiger partial charge is 0.329 e. The maximum Gasteiger partial charge on any atom is 0.318 e. The average Bonchev–Trinajstić information content (AvgIpc) is 3.02. The molecule has 2 unspecified atom stereocenters. The van der Waals surface area contributed by atoms with Crippen molar-refractivity contribution in [2.45, 2.75) is 24.9 Å². The fourth-order valence-electron chi connectivity index (χ4n) is 2.71. The summed E-state index contributed by atoms with van der Waals surface area (Å²) in [5.74, 6) is 0. The number of urea groups is 1. The predicted molar refractivity (Wildman–Crippen MR) is 68.1 cm³/mol. The highest BCUT2D eigenvalue weighted by atomic mass is 16.2. The molecule has 0 radical (unpaired) electrons. The number of rotatable bonds is 3. The number of carbonyl (C=O) groups excluding carboxylic acids is 1. The molecule has 3 heterocycles. The van der Waals surface area contributed by atoms with E-state index in [-0.39, 0.29) is 12.1 Å². The normalized spacial score (nSPS) is 27.6. The summed E-state index contributed by atoms with van der Waals surface area (Å²) in [5.41, 5.74) is 1.13. The first kappa shape index (κ1) is 11.5. The molecule has 0 bridgehead atoms. The van der Waals surface area contributed by atoms with Gasteiger partial charge >= 0.3 is 6.03 Å². The molecule has 0 aliphatic carbocycles. The number of nitrogens with zero attached hydrogens (tertiary/aromatic N) is 2. The molecule has 2 fully saturated rings. The van der Waals surface area contributed by atoms with E-state index in [4.69, 9.17) is 0 Å². The van der Waals surface area contributed by atoms with E-state index < -0.39 is 0 Å². The van der Waals surface area contributed by atoms with Crippen molar-refractivity contribution in [1.29, 1.82) is 0 Å². The van der Waals surface area contributed by atoms with Crippen LogP contribution in [0.1, 0.15) is 24.4 Å².